The van der Waals surface area contributed by atoms with Crippen LogP contribution >= 0.6 is 0 Å². The summed E-state index contributed by atoms with van der Waals surface area (Å²) in [6.45, 7) is 14.1. The first-order valence-corrected chi connectivity index (χ1v) is 35.0. The molecule has 0 spiro atoms. The van der Waals surface area contributed by atoms with E-state index in [0.29, 0.717) is 32.9 Å². The minimum absolute atomic E-state index is 0.0273. The van der Waals surface area contributed by atoms with Gasteiger partial charge in [-0.2, -0.15) is 0 Å². The van der Waals surface area contributed by atoms with E-state index in [-0.39, 0.29) is 45.2 Å². The van der Waals surface area contributed by atoms with Crippen molar-refractivity contribution in [3.05, 3.63) is 356 Å². The summed E-state index contributed by atoms with van der Waals surface area (Å²) in [5, 5.41) is -2.44. The van der Waals surface area contributed by atoms with Gasteiger partial charge in [-0.1, -0.05) is 310 Å². The Labute approximate surface area is 657 Å². The van der Waals surface area contributed by atoms with Crippen LogP contribution in [0.1, 0.15) is 134 Å². The monoisotopic (exact) mass is 1380 g/mol. The molecule has 16 rings (SSSR count). The number of imidazole rings is 1. The van der Waals surface area contributed by atoms with Crippen LogP contribution in [-0.2, 0) is 16.2 Å². The van der Waals surface area contributed by atoms with E-state index >= 15 is 0 Å². The molecule has 0 amide bonds. The van der Waals surface area contributed by atoms with Crippen LogP contribution in [0.15, 0.2) is 327 Å². The minimum atomic E-state index is -6.67. The molecule has 0 aliphatic rings. The summed E-state index contributed by atoms with van der Waals surface area (Å²) >= 11 is 0. The lowest BCUT2D eigenvalue weighted by atomic mass is 9.79. The Morgan fingerprint density at radius 1 is 0.417 bits per heavy atom. The van der Waals surface area contributed by atoms with Gasteiger partial charge in [-0.3, -0.25) is 13.7 Å². The molecule has 502 valence electrons. The molecule has 0 aliphatic carbocycles. The number of rotatable bonds is 14. The summed E-state index contributed by atoms with van der Waals surface area (Å²) in [4.78, 5) is 4.75. The van der Waals surface area contributed by atoms with E-state index in [1.54, 1.807) is 104 Å². The van der Waals surface area contributed by atoms with Crippen molar-refractivity contribution < 1.29 is 58.7 Å². The van der Waals surface area contributed by atoms with Gasteiger partial charge in [0, 0.05) is 32.7 Å². The fourth-order valence-corrected chi connectivity index (χ4v) is 17.1. The van der Waals surface area contributed by atoms with Crippen molar-refractivity contribution in [1.29, 1.82) is 0 Å². The zero-order chi connectivity index (χ0) is 102. The van der Waals surface area contributed by atoms with Crippen molar-refractivity contribution in [2.75, 3.05) is 0 Å². The van der Waals surface area contributed by atoms with Crippen LogP contribution in [-0.4, -0.2) is 22.2 Å². The van der Waals surface area contributed by atoms with E-state index in [9.17, 15) is 30.2 Å². The predicted molar refractivity (Wildman–Crippen MR) is 434 cm³/mol. The average molecular weight is 1390 g/mol. The summed E-state index contributed by atoms with van der Waals surface area (Å²) in [6, 6.07) is -0.921. The molecule has 0 atom stereocenters. The van der Waals surface area contributed by atoms with Gasteiger partial charge in [0.05, 0.1) is 78.7 Å². The van der Waals surface area contributed by atoms with Gasteiger partial charge in [-0.15, -0.1) is 0 Å². The van der Waals surface area contributed by atoms with Crippen molar-refractivity contribution in [2.45, 2.75) is 85.4 Å². The highest BCUT2D eigenvalue weighted by atomic mass is 28.3. The van der Waals surface area contributed by atoms with Crippen LogP contribution in [0.5, 0.6) is 11.5 Å². The third-order valence-corrected chi connectivity index (χ3v) is 22.4. The molecule has 0 fully saturated rings. The molecule has 0 N–H and O–H groups in total. The molecule has 0 unspecified atom stereocenters. The number of ether oxygens (including phenoxy) is 1. The third-order valence-electron chi connectivity index (χ3n) is 18.2. The van der Waals surface area contributed by atoms with Crippen molar-refractivity contribution >= 4 is 61.7 Å². The largest absolute Gasteiger partial charge is 0.458 e. The zero-order valence-corrected chi connectivity index (χ0v) is 58.3. The highest BCUT2D eigenvalue weighted by molar-refractivity contribution is 7.20. The van der Waals surface area contributed by atoms with Crippen LogP contribution in [0.3, 0.4) is 0 Å². The quantitative estimate of drug-likeness (QED) is 0.0471. The minimum Gasteiger partial charge on any atom is -0.458 e. The second-order valence-corrected chi connectivity index (χ2v) is 31.5. The Hall–Kier alpha value is -11.7. The van der Waals surface area contributed by atoms with Crippen LogP contribution in [0.2, 0.25) is 0 Å². The van der Waals surface area contributed by atoms with E-state index in [1.165, 1.54) is 27.3 Å². The van der Waals surface area contributed by atoms with Crippen LogP contribution in [0, 0.1) is 13.2 Å². The maximum atomic E-state index is 11.1. The predicted octanol–water partition coefficient (Wildman–Crippen LogP) is 21.9. The van der Waals surface area contributed by atoms with E-state index in [2.05, 4.69) is 12.4 Å². The van der Waals surface area contributed by atoms with Crippen molar-refractivity contribution in [3.63, 3.8) is 0 Å². The Morgan fingerprint density at radius 2 is 0.942 bits per heavy atom. The van der Waals surface area contributed by atoms with Gasteiger partial charge in [0.25, 0.3) is 6.33 Å². The number of fused-ring (bicyclic) bond motifs is 4. The molecule has 0 radical (unpaired) electrons. The van der Waals surface area contributed by atoms with Crippen molar-refractivity contribution in [3.8, 4) is 84.3 Å². The van der Waals surface area contributed by atoms with Crippen LogP contribution in [0.25, 0.3) is 106 Å². The highest BCUT2D eigenvalue weighted by Crippen LogP contribution is 2.42. The smallest absolute Gasteiger partial charge is 0.269 e. The fraction of sp³-hybridized carbons (Fsp3) is 0.134. The highest BCUT2D eigenvalue weighted by Gasteiger charge is 2.45. The second-order valence-electron chi connectivity index (χ2n) is 27.9. The normalized spacial score (nSPS) is 17.2. The third kappa shape index (κ3) is 12.4. The molecular formula is C97H84N4OSi. The molecule has 0 bridgehead atoms. The van der Waals surface area contributed by atoms with Crippen LogP contribution < -0.4 is 30.1 Å². The number of pyridine rings is 1. The summed E-state index contributed by atoms with van der Waals surface area (Å²) in [5.41, 5.74) is -5.39. The summed E-state index contributed by atoms with van der Waals surface area (Å²) in [5.74, 6) is 0.229. The molecule has 0 saturated carbocycles. The Bertz CT molecular complexity index is 7610. The Balaban J connectivity index is 1.12. The number of hydrogen-bond donors (Lipinski definition) is 0. The lowest BCUT2D eigenvalue weighted by Gasteiger charge is -2.38. The van der Waals surface area contributed by atoms with E-state index in [1.807, 2.05) is 59.7 Å². The molecule has 103 heavy (non-hydrogen) atoms. The van der Waals surface area contributed by atoms with Crippen molar-refractivity contribution in [2.24, 2.45) is 0 Å². The summed E-state index contributed by atoms with van der Waals surface area (Å²) < 4.78 is 356. The van der Waals surface area contributed by atoms with E-state index in [0.717, 1.165) is 17.3 Å². The van der Waals surface area contributed by atoms with Gasteiger partial charge in [-0.05, 0) is 183 Å². The fourth-order valence-electron chi connectivity index (χ4n) is 13.0. The first-order valence-electron chi connectivity index (χ1n) is 51.0. The molecule has 0 aliphatic heterocycles. The standard InChI is InChI=1S/C97H84N4OSi/c1-66-52-93(98-64-87(66)69-36-21-13-22-37-69)101-88-47-30-29-46-84(88)85-50-49-80(63-90(85)101)102-79-39-31-38-78(62-79)99-65-100(89-51-48-70(58-91(89)99)73-56-75(95(2,3)4)59-76(57-73)96(5,6)7)94-86(74-54-71(67-32-17-11-18-33-67)53-72(55-74)68-34-19-12-20-35-68)60-77(97(8,9)10)61-92(94)103(81-40-23-14-24-41-81,82-42-25-15-26-43-82)83-44-27-16-28-45-83/h11-64H,1-10H3/i1D3,11D,12D,13D,14D,15D,16D,17D,18D,19D,20D,21D,22D,23D,24D,25D,26D,27D,28D,32D,33D,34D,35D,36D,37D,40D,41D,42D,43D,44D,45D,53D,54D,55D. The van der Waals surface area contributed by atoms with Gasteiger partial charge in [0.1, 0.15) is 17.3 Å². The molecular weight excluding hydrogens is 1270 g/mol. The first-order chi connectivity index (χ1) is 64.8. The Morgan fingerprint density at radius 3 is 1.51 bits per heavy atom. The van der Waals surface area contributed by atoms with E-state index < -0.39 is 302 Å². The number of benzene rings is 13. The molecule has 16 aromatic rings. The Kier molecular flexibility index (Phi) is 9.41. The topological polar surface area (TPSA) is 35.9 Å². The average Bonchev–Trinajstić information content (AvgIpc) is 1.48. The lowest BCUT2D eigenvalue weighted by molar-refractivity contribution is -0.570. The number of hydrogen-bond acceptors (Lipinski definition) is 2. The van der Waals surface area contributed by atoms with Gasteiger partial charge < -0.3 is 4.74 Å². The maximum Gasteiger partial charge on any atom is 0.269 e. The number of nitrogens with zero attached hydrogens (tertiary/aromatic N) is 4. The van der Waals surface area contributed by atoms with Crippen LogP contribution in [0.4, 0.5) is 0 Å². The number of aryl methyl sites for hydroxylation is 1. The first kappa shape index (κ1) is 36.8. The second kappa shape index (κ2) is 26.4. The van der Waals surface area contributed by atoms with Gasteiger partial charge >= 0.3 is 0 Å². The SMILES string of the molecule is [2H]c1c([2H])c([2H])c(-c2cnc(-n3c4ccccc4c4ccc(Oc5cccc(-n6[c-][n+](-c7c(-c8c([2H])c(-c9c([2H])c([2H])c([2H])c([2H])c9[2H])c([2H])c(-c9c([2H])c([2H])c([2H])c([2H])c9[2H])c8[2H])cc(C(C)(C)C)cc7[Si](c7c([2H])c([2H])c([2H])c([2H])c7[2H])(c7c([2H])c([2H])c([2H])c([2H])c7[2H])c7c([2H])c([2H])c([2H])c([2H])c7[2H])c7ccc(-c8cc(C(C)(C)C)cc(C(C)(C)C)c8)cc76)c5)cc43)cc2C([2H])([2H])[2H])c([2H])c1[2H]. The zero-order valence-electron chi connectivity index (χ0n) is 93.3. The van der Waals surface area contributed by atoms with E-state index in [4.69, 9.17) is 28.9 Å². The molecule has 6 heteroatoms. The molecule has 0 saturated heterocycles. The summed E-state index contributed by atoms with van der Waals surface area (Å²) in [6.07, 6.45) is 4.64. The summed E-state index contributed by atoms with van der Waals surface area (Å²) in [7, 11) is -6.67. The van der Waals surface area contributed by atoms with Gasteiger partial charge in [-0.25, -0.2) is 4.98 Å². The van der Waals surface area contributed by atoms with Gasteiger partial charge in [0.15, 0.2) is 8.07 Å². The molecule has 13 aromatic carbocycles. The maximum absolute atomic E-state index is 11.1. The number of aromatic nitrogens is 4. The lowest BCUT2D eigenvalue weighted by Crippen LogP contribution is -2.76. The molecule has 3 aromatic heterocycles. The van der Waals surface area contributed by atoms with Crippen molar-refractivity contribution in [1.82, 2.24) is 14.1 Å². The molecule has 3 heterocycles. The van der Waals surface area contributed by atoms with Gasteiger partial charge in [0.2, 0.25) is 0 Å². The molecule has 5 nitrogen and oxygen atoms in total. The number of para-hydroxylation sites is 1.